The van der Waals surface area contributed by atoms with Gasteiger partial charge in [0.25, 0.3) is 0 Å². The van der Waals surface area contributed by atoms with E-state index in [9.17, 15) is 19.4 Å². The first kappa shape index (κ1) is 49.9. The van der Waals surface area contributed by atoms with Crippen molar-refractivity contribution >= 4 is 13.8 Å². The van der Waals surface area contributed by atoms with Crippen LogP contribution in [-0.2, 0) is 27.9 Å². The standard InChI is InChI=1S/C41H79O9P/c1-3-5-7-9-11-13-15-17-18-19-20-21-22-23-25-27-29-31-33-41(44)50-40(38-49-51(45,46)48-36-39(43)35-42)37-47-34-32-30-28-26-24-16-14-12-10-8-6-4-2/h10,12,18-19,39-40,42-43H,3-9,11,13-17,20-38H2,1-2H3,(H,45,46)/b12-10-,19-18-. The predicted octanol–water partition coefficient (Wildman–Crippen LogP) is 11.1. The second-order valence-electron chi connectivity index (χ2n) is 14.0. The van der Waals surface area contributed by atoms with Gasteiger partial charge >= 0.3 is 13.8 Å². The summed E-state index contributed by atoms with van der Waals surface area (Å²) in [5, 5.41) is 18.3. The highest BCUT2D eigenvalue weighted by Gasteiger charge is 2.26. The number of hydrogen-bond donors (Lipinski definition) is 3. The Morgan fingerprint density at radius 2 is 1.02 bits per heavy atom. The van der Waals surface area contributed by atoms with Gasteiger partial charge in [-0.05, 0) is 57.8 Å². The zero-order valence-corrected chi connectivity index (χ0v) is 33.7. The second-order valence-corrected chi connectivity index (χ2v) is 15.5. The van der Waals surface area contributed by atoms with E-state index in [2.05, 4.69) is 38.2 Å². The van der Waals surface area contributed by atoms with Crippen molar-refractivity contribution in [2.45, 2.75) is 199 Å². The van der Waals surface area contributed by atoms with Gasteiger partial charge in [0.05, 0.1) is 26.4 Å². The van der Waals surface area contributed by atoms with Gasteiger partial charge in [-0.15, -0.1) is 0 Å². The van der Waals surface area contributed by atoms with Crippen LogP contribution in [0.1, 0.15) is 187 Å². The van der Waals surface area contributed by atoms with Crippen molar-refractivity contribution in [2.75, 3.05) is 33.0 Å². The highest BCUT2D eigenvalue weighted by molar-refractivity contribution is 7.47. The summed E-state index contributed by atoms with van der Waals surface area (Å²) in [6.45, 7) is 3.47. The monoisotopic (exact) mass is 747 g/mol. The molecule has 0 aromatic rings. The van der Waals surface area contributed by atoms with Crippen molar-refractivity contribution < 1.29 is 43.0 Å². The van der Waals surface area contributed by atoms with E-state index in [-0.39, 0.29) is 25.6 Å². The molecule has 3 N–H and O–H groups in total. The van der Waals surface area contributed by atoms with Crippen molar-refractivity contribution in [1.29, 1.82) is 0 Å². The second kappa shape index (κ2) is 38.7. The molecule has 0 saturated heterocycles. The van der Waals surface area contributed by atoms with Crippen molar-refractivity contribution in [1.82, 2.24) is 0 Å². The number of unbranched alkanes of at least 4 members (excludes halogenated alkanes) is 22. The Morgan fingerprint density at radius 1 is 0.588 bits per heavy atom. The van der Waals surface area contributed by atoms with Gasteiger partial charge < -0.3 is 24.6 Å². The molecule has 0 aliphatic heterocycles. The summed E-state index contributed by atoms with van der Waals surface area (Å²) in [5.41, 5.74) is 0. The number of aliphatic hydroxyl groups excluding tert-OH is 2. The Balaban J connectivity index is 4.17. The van der Waals surface area contributed by atoms with Gasteiger partial charge in [-0.2, -0.15) is 0 Å². The van der Waals surface area contributed by atoms with Gasteiger partial charge in [-0.1, -0.05) is 147 Å². The van der Waals surface area contributed by atoms with E-state index in [1.54, 1.807) is 0 Å². The summed E-state index contributed by atoms with van der Waals surface area (Å²) in [5.74, 6) is -0.389. The summed E-state index contributed by atoms with van der Waals surface area (Å²) in [6.07, 6.45) is 38.5. The molecular formula is C41H79O9P. The number of rotatable bonds is 40. The van der Waals surface area contributed by atoms with Crippen LogP contribution in [0, 0.1) is 0 Å². The lowest BCUT2D eigenvalue weighted by Gasteiger charge is -2.20. The fraction of sp³-hybridized carbons (Fsp3) is 0.878. The molecule has 0 spiro atoms. The molecule has 0 saturated carbocycles. The molecule has 0 radical (unpaired) electrons. The van der Waals surface area contributed by atoms with E-state index in [1.807, 2.05) is 0 Å². The van der Waals surface area contributed by atoms with E-state index in [4.69, 9.17) is 23.6 Å². The summed E-state index contributed by atoms with van der Waals surface area (Å²) in [7, 11) is -4.51. The molecule has 51 heavy (non-hydrogen) atoms. The number of esters is 1. The summed E-state index contributed by atoms with van der Waals surface area (Å²) in [6, 6.07) is 0. The van der Waals surface area contributed by atoms with Crippen LogP contribution in [0.25, 0.3) is 0 Å². The summed E-state index contributed by atoms with van der Waals surface area (Å²) >= 11 is 0. The highest BCUT2D eigenvalue weighted by Crippen LogP contribution is 2.43. The number of carbonyl (C=O) groups is 1. The molecule has 0 amide bonds. The number of phosphoric ester groups is 1. The van der Waals surface area contributed by atoms with Gasteiger partial charge in [0.1, 0.15) is 12.2 Å². The van der Waals surface area contributed by atoms with Gasteiger partial charge in [-0.25, -0.2) is 4.57 Å². The van der Waals surface area contributed by atoms with Crippen LogP contribution in [0.15, 0.2) is 24.3 Å². The first-order valence-corrected chi connectivity index (χ1v) is 22.3. The molecule has 10 heteroatoms. The third kappa shape index (κ3) is 38.5. The topological polar surface area (TPSA) is 132 Å². The number of carbonyl (C=O) groups excluding carboxylic acids is 1. The van der Waals surface area contributed by atoms with E-state index >= 15 is 0 Å². The first-order valence-electron chi connectivity index (χ1n) is 20.8. The molecule has 0 heterocycles. The third-order valence-electron chi connectivity index (χ3n) is 8.86. The average molecular weight is 747 g/mol. The first-order chi connectivity index (χ1) is 24.8. The zero-order valence-electron chi connectivity index (χ0n) is 32.8. The number of aliphatic hydroxyl groups is 2. The molecule has 0 fully saturated rings. The number of ether oxygens (including phenoxy) is 2. The normalized spacial score (nSPS) is 14.4. The van der Waals surface area contributed by atoms with Crippen molar-refractivity contribution in [3.63, 3.8) is 0 Å². The van der Waals surface area contributed by atoms with Crippen LogP contribution in [0.4, 0.5) is 0 Å². The molecule has 3 unspecified atom stereocenters. The van der Waals surface area contributed by atoms with E-state index in [0.717, 1.165) is 57.8 Å². The van der Waals surface area contributed by atoms with E-state index < -0.39 is 33.2 Å². The maximum atomic E-state index is 12.6. The number of allylic oxidation sites excluding steroid dienone is 4. The van der Waals surface area contributed by atoms with Crippen LogP contribution in [0.2, 0.25) is 0 Å². The quantitative estimate of drug-likeness (QED) is 0.0242. The largest absolute Gasteiger partial charge is 0.472 e. The zero-order chi connectivity index (χ0) is 37.5. The van der Waals surface area contributed by atoms with Crippen molar-refractivity contribution in [3.05, 3.63) is 24.3 Å². The lowest BCUT2D eigenvalue weighted by Crippen LogP contribution is -2.29. The predicted molar refractivity (Wildman–Crippen MR) is 210 cm³/mol. The fourth-order valence-electron chi connectivity index (χ4n) is 5.62. The van der Waals surface area contributed by atoms with Crippen LogP contribution in [-0.4, -0.2) is 66.3 Å². The molecule has 0 aromatic carbocycles. The Morgan fingerprint density at radius 3 is 1.53 bits per heavy atom. The number of phosphoric acid groups is 1. The Kier molecular flexibility index (Phi) is 37.9. The van der Waals surface area contributed by atoms with E-state index in [1.165, 1.54) is 109 Å². The molecule has 0 aliphatic rings. The maximum Gasteiger partial charge on any atom is 0.472 e. The molecule has 302 valence electrons. The molecule has 3 atom stereocenters. The Hall–Kier alpha value is -1.06. The van der Waals surface area contributed by atoms with Crippen molar-refractivity contribution in [3.8, 4) is 0 Å². The highest BCUT2D eigenvalue weighted by atomic mass is 31.2. The van der Waals surface area contributed by atoms with Gasteiger partial charge in [0.2, 0.25) is 0 Å². The van der Waals surface area contributed by atoms with Crippen LogP contribution < -0.4 is 0 Å². The molecule has 0 aromatic heterocycles. The lowest BCUT2D eigenvalue weighted by molar-refractivity contribution is -0.154. The minimum atomic E-state index is -4.51. The van der Waals surface area contributed by atoms with Crippen LogP contribution in [0.5, 0.6) is 0 Å². The fourth-order valence-corrected chi connectivity index (χ4v) is 6.41. The smallest absolute Gasteiger partial charge is 0.457 e. The SMILES string of the molecule is CCCC/C=C\CCCCCCCCOCC(COP(=O)(O)OCC(O)CO)OC(=O)CCCCCCCCC/C=C\CCCCCCCCC. The maximum absolute atomic E-state index is 12.6. The third-order valence-corrected chi connectivity index (χ3v) is 9.81. The molecule has 0 rings (SSSR count). The number of hydrogen-bond acceptors (Lipinski definition) is 8. The van der Waals surface area contributed by atoms with Crippen LogP contribution in [0.3, 0.4) is 0 Å². The van der Waals surface area contributed by atoms with E-state index in [0.29, 0.717) is 6.61 Å². The van der Waals surface area contributed by atoms with Crippen molar-refractivity contribution in [2.24, 2.45) is 0 Å². The summed E-state index contributed by atoms with van der Waals surface area (Å²) < 4.78 is 33.3. The minimum absolute atomic E-state index is 0.0453. The molecular weight excluding hydrogens is 667 g/mol. The Bertz CT molecular complexity index is 851. The summed E-state index contributed by atoms with van der Waals surface area (Å²) in [4.78, 5) is 22.5. The lowest BCUT2D eigenvalue weighted by atomic mass is 10.1. The average Bonchev–Trinajstić information content (AvgIpc) is 3.12. The van der Waals surface area contributed by atoms with Crippen LogP contribution >= 0.6 is 7.82 Å². The van der Waals surface area contributed by atoms with Gasteiger partial charge in [0, 0.05) is 13.0 Å². The molecule has 9 nitrogen and oxygen atoms in total. The molecule has 0 aliphatic carbocycles. The minimum Gasteiger partial charge on any atom is -0.457 e. The Labute approximate surface area is 313 Å². The van der Waals surface area contributed by atoms with Gasteiger partial charge in [-0.3, -0.25) is 13.8 Å². The van der Waals surface area contributed by atoms with Gasteiger partial charge in [0.15, 0.2) is 0 Å². The molecule has 0 bridgehead atoms.